The van der Waals surface area contributed by atoms with Gasteiger partial charge in [-0.2, -0.15) is 0 Å². The molecule has 22 heavy (non-hydrogen) atoms. The van der Waals surface area contributed by atoms with Gasteiger partial charge in [0.15, 0.2) is 11.5 Å². The quantitative estimate of drug-likeness (QED) is 0.779. The van der Waals surface area contributed by atoms with E-state index in [0.717, 1.165) is 28.1 Å². The van der Waals surface area contributed by atoms with Gasteiger partial charge in [0.2, 0.25) is 6.79 Å². The lowest BCUT2D eigenvalue weighted by molar-refractivity contribution is 0.174. The molecule has 0 spiro atoms. The molecule has 0 atom stereocenters. The monoisotopic (exact) mass is 291 g/mol. The molecule has 0 saturated carbocycles. The molecule has 2 heterocycles. The van der Waals surface area contributed by atoms with E-state index >= 15 is 0 Å². The summed E-state index contributed by atoms with van der Waals surface area (Å²) < 4.78 is 10.7. The minimum absolute atomic E-state index is 0.191. The number of benzene rings is 2. The Labute approximate surface area is 127 Å². The summed E-state index contributed by atoms with van der Waals surface area (Å²) in [5, 5.41) is 10.8. The van der Waals surface area contributed by atoms with Gasteiger partial charge in [-0.1, -0.05) is 30.3 Å². The van der Waals surface area contributed by atoms with E-state index in [4.69, 9.17) is 9.47 Å². The third-order valence-corrected chi connectivity index (χ3v) is 3.56. The van der Waals surface area contributed by atoms with Gasteiger partial charge in [0.25, 0.3) is 0 Å². The fraction of sp³-hybridized carbons (Fsp3) is 0.0556. The normalized spacial score (nSPS) is 13.1. The number of rotatable bonds is 2. The Kier molecular flexibility index (Phi) is 2.93. The van der Waals surface area contributed by atoms with E-state index in [1.54, 1.807) is 6.07 Å². The van der Waals surface area contributed by atoms with Crippen molar-refractivity contribution >= 4 is 23.1 Å². The molecule has 108 valence electrons. The fourth-order valence-electron chi connectivity index (χ4n) is 2.44. The van der Waals surface area contributed by atoms with Gasteiger partial charge in [-0.05, 0) is 35.9 Å². The smallest absolute Gasteiger partial charge is 0.231 e. The molecule has 1 aliphatic heterocycles. The van der Waals surface area contributed by atoms with Crippen LogP contribution in [0.3, 0.4) is 0 Å². The minimum Gasteiger partial charge on any atom is -0.506 e. The predicted molar refractivity (Wildman–Crippen MR) is 84.9 cm³/mol. The predicted octanol–water partition coefficient (Wildman–Crippen LogP) is 3.84. The highest BCUT2D eigenvalue weighted by Gasteiger charge is 2.12. The van der Waals surface area contributed by atoms with Gasteiger partial charge in [0.05, 0.1) is 5.69 Å². The van der Waals surface area contributed by atoms with Crippen LogP contribution in [0.15, 0.2) is 48.5 Å². The van der Waals surface area contributed by atoms with Crippen LogP contribution >= 0.6 is 0 Å². The number of nitrogens with zero attached hydrogens (tertiary/aromatic N) is 1. The number of pyridine rings is 1. The lowest BCUT2D eigenvalue weighted by Gasteiger charge is -2.01. The molecule has 0 aliphatic carbocycles. The summed E-state index contributed by atoms with van der Waals surface area (Å²) in [6.45, 7) is 0.272. The van der Waals surface area contributed by atoms with Crippen LogP contribution < -0.4 is 9.47 Å². The van der Waals surface area contributed by atoms with Crippen molar-refractivity contribution in [2.45, 2.75) is 0 Å². The van der Waals surface area contributed by atoms with Crippen molar-refractivity contribution in [1.82, 2.24) is 4.98 Å². The van der Waals surface area contributed by atoms with Gasteiger partial charge in [0, 0.05) is 5.39 Å². The molecule has 4 rings (SSSR count). The number of ether oxygens (including phenoxy) is 2. The van der Waals surface area contributed by atoms with Gasteiger partial charge in [0.1, 0.15) is 11.3 Å². The Bertz CT molecular complexity index is 887. The molecule has 0 saturated heterocycles. The highest BCUT2D eigenvalue weighted by atomic mass is 16.7. The van der Waals surface area contributed by atoms with Crippen LogP contribution in [0.2, 0.25) is 0 Å². The second-order valence-corrected chi connectivity index (χ2v) is 5.03. The summed E-state index contributed by atoms with van der Waals surface area (Å²) in [4.78, 5) is 4.47. The maximum absolute atomic E-state index is 9.87. The Hall–Kier alpha value is -3.01. The van der Waals surface area contributed by atoms with E-state index in [1.807, 2.05) is 54.6 Å². The van der Waals surface area contributed by atoms with Crippen molar-refractivity contribution in [2.75, 3.05) is 6.79 Å². The summed E-state index contributed by atoms with van der Waals surface area (Å²) in [7, 11) is 0. The van der Waals surface area contributed by atoms with Crippen molar-refractivity contribution < 1.29 is 14.6 Å². The van der Waals surface area contributed by atoms with Crippen molar-refractivity contribution in [1.29, 1.82) is 0 Å². The lowest BCUT2D eigenvalue weighted by Crippen LogP contribution is -1.92. The summed E-state index contributed by atoms with van der Waals surface area (Å²) >= 11 is 0. The maximum Gasteiger partial charge on any atom is 0.231 e. The molecule has 2 aromatic carbocycles. The zero-order valence-corrected chi connectivity index (χ0v) is 11.7. The molecule has 1 aromatic heterocycles. The Morgan fingerprint density at radius 1 is 0.955 bits per heavy atom. The zero-order chi connectivity index (χ0) is 14.9. The highest BCUT2D eigenvalue weighted by Crippen LogP contribution is 2.33. The minimum atomic E-state index is 0.191. The molecule has 0 amide bonds. The highest BCUT2D eigenvalue weighted by molar-refractivity contribution is 5.85. The standard InChI is InChI=1S/C18H13NO3/c20-15-3-1-2-13-6-8-14(19-18(13)15)7-4-12-5-9-16-17(10-12)22-11-21-16/h1-10,20H,11H2. The molecule has 1 aliphatic rings. The Morgan fingerprint density at radius 3 is 2.82 bits per heavy atom. The van der Waals surface area contributed by atoms with E-state index in [9.17, 15) is 5.11 Å². The van der Waals surface area contributed by atoms with E-state index in [0.29, 0.717) is 5.52 Å². The van der Waals surface area contributed by atoms with Crippen LogP contribution in [-0.4, -0.2) is 16.9 Å². The summed E-state index contributed by atoms with van der Waals surface area (Å²) in [5.74, 6) is 1.72. The number of aromatic nitrogens is 1. The Balaban J connectivity index is 1.66. The largest absolute Gasteiger partial charge is 0.506 e. The number of hydrogen-bond acceptors (Lipinski definition) is 4. The van der Waals surface area contributed by atoms with E-state index in [2.05, 4.69) is 4.98 Å². The first-order valence-corrected chi connectivity index (χ1v) is 6.96. The lowest BCUT2D eigenvalue weighted by atomic mass is 10.1. The van der Waals surface area contributed by atoms with E-state index < -0.39 is 0 Å². The van der Waals surface area contributed by atoms with Crippen molar-refractivity contribution in [3.8, 4) is 17.2 Å². The van der Waals surface area contributed by atoms with Gasteiger partial charge in [-0.25, -0.2) is 4.98 Å². The number of hydrogen-bond donors (Lipinski definition) is 1. The molecule has 0 unspecified atom stereocenters. The average Bonchev–Trinajstić information content (AvgIpc) is 3.01. The van der Waals surface area contributed by atoms with Crippen molar-refractivity contribution in [3.63, 3.8) is 0 Å². The van der Waals surface area contributed by atoms with Crippen LogP contribution in [0, 0.1) is 0 Å². The van der Waals surface area contributed by atoms with Crippen LogP contribution in [0.5, 0.6) is 17.2 Å². The number of aromatic hydroxyl groups is 1. The summed E-state index contributed by atoms with van der Waals surface area (Å²) in [6, 6.07) is 15.0. The molecular formula is C18H13NO3. The van der Waals surface area contributed by atoms with Gasteiger partial charge >= 0.3 is 0 Å². The fourth-order valence-corrected chi connectivity index (χ4v) is 2.44. The molecule has 0 bridgehead atoms. The second-order valence-electron chi connectivity index (χ2n) is 5.03. The van der Waals surface area contributed by atoms with Crippen LogP contribution in [-0.2, 0) is 0 Å². The van der Waals surface area contributed by atoms with Gasteiger partial charge in [-0.15, -0.1) is 0 Å². The molecule has 4 nitrogen and oxygen atoms in total. The molecule has 3 aromatic rings. The first kappa shape index (κ1) is 12.7. The third-order valence-electron chi connectivity index (χ3n) is 3.56. The first-order chi connectivity index (χ1) is 10.8. The van der Waals surface area contributed by atoms with Gasteiger partial charge in [-0.3, -0.25) is 0 Å². The molecular weight excluding hydrogens is 278 g/mol. The van der Waals surface area contributed by atoms with Crippen molar-refractivity contribution in [3.05, 3.63) is 59.8 Å². The molecule has 0 fully saturated rings. The average molecular weight is 291 g/mol. The third kappa shape index (κ3) is 2.24. The molecule has 0 radical (unpaired) electrons. The Morgan fingerprint density at radius 2 is 1.86 bits per heavy atom. The summed E-state index contributed by atoms with van der Waals surface area (Å²) in [5.41, 5.74) is 2.39. The number of phenols is 1. The van der Waals surface area contributed by atoms with Crippen LogP contribution in [0.25, 0.3) is 23.1 Å². The number of fused-ring (bicyclic) bond motifs is 2. The first-order valence-electron chi connectivity index (χ1n) is 6.96. The second kappa shape index (κ2) is 5.07. The van der Waals surface area contributed by atoms with Crippen LogP contribution in [0.4, 0.5) is 0 Å². The SMILES string of the molecule is Oc1cccc2ccc(C=Cc3ccc4c(c3)OCO4)nc12. The summed E-state index contributed by atoms with van der Waals surface area (Å²) in [6.07, 6.45) is 3.86. The van der Waals surface area contributed by atoms with E-state index in [-0.39, 0.29) is 12.5 Å². The number of phenolic OH excluding ortho intramolecular Hbond substituents is 1. The van der Waals surface area contributed by atoms with Gasteiger partial charge < -0.3 is 14.6 Å². The van der Waals surface area contributed by atoms with Crippen molar-refractivity contribution in [2.24, 2.45) is 0 Å². The number of para-hydroxylation sites is 1. The van der Waals surface area contributed by atoms with E-state index in [1.165, 1.54) is 0 Å². The molecule has 1 N–H and O–H groups in total. The maximum atomic E-state index is 9.87. The van der Waals surface area contributed by atoms with Crippen LogP contribution in [0.1, 0.15) is 11.3 Å². The topological polar surface area (TPSA) is 51.6 Å². The zero-order valence-electron chi connectivity index (χ0n) is 11.7. The molecule has 4 heteroatoms.